The molecule has 0 aromatic heterocycles. The molecule has 2 rings (SSSR count). The van der Waals surface area contributed by atoms with Gasteiger partial charge in [0.15, 0.2) is 0 Å². The van der Waals surface area contributed by atoms with Gasteiger partial charge in [-0.15, -0.1) is 11.6 Å². The van der Waals surface area contributed by atoms with Crippen molar-refractivity contribution >= 4 is 22.4 Å². The average Bonchev–Trinajstić information content (AvgIpc) is 2.60. The van der Waals surface area contributed by atoms with E-state index in [9.17, 15) is 0 Å². The number of benzene rings is 2. The van der Waals surface area contributed by atoms with E-state index in [1.165, 1.54) is 16.3 Å². The molecule has 0 aliphatic carbocycles. The minimum absolute atomic E-state index is 0.302. The van der Waals surface area contributed by atoms with Crippen molar-refractivity contribution in [1.82, 2.24) is 0 Å². The molecule has 1 atom stereocenters. The Morgan fingerprint density at radius 2 is 1.84 bits per heavy atom. The van der Waals surface area contributed by atoms with Crippen LogP contribution in [0.1, 0.15) is 52.0 Å². The zero-order valence-corrected chi connectivity index (χ0v) is 16.7. The summed E-state index contributed by atoms with van der Waals surface area (Å²) in [4.78, 5) is 0. The first-order valence-electron chi connectivity index (χ1n) is 9.44. The quantitative estimate of drug-likeness (QED) is 0.343. The van der Waals surface area contributed by atoms with Gasteiger partial charge in [0.2, 0.25) is 0 Å². The third kappa shape index (κ3) is 6.11. The van der Waals surface area contributed by atoms with Gasteiger partial charge in [0, 0.05) is 5.38 Å². The van der Waals surface area contributed by atoms with Crippen LogP contribution < -0.4 is 9.47 Å². The van der Waals surface area contributed by atoms with Crippen molar-refractivity contribution in [2.75, 3.05) is 13.2 Å². The number of ether oxygens (including phenoxy) is 2. The molecular formula is C22H31ClO2. The molecule has 3 heteroatoms. The Kier molecular flexibility index (Phi) is 7.90. The van der Waals surface area contributed by atoms with Crippen LogP contribution in [0.5, 0.6) is 11.5 Å². The van der Waals surface area contributed by atoms with E-state index < -0.39 is 0 Å². The van der Waals surface area contributed by atoms with Crippen molar-refractivity contribution < 1.29 is 9.47 Å². The molecule has 0 saturated carbocycles. The van der Waals surface area contributed by atoms with Crippen molar-refractivity contribution in [2.45, 2.75) is 58.8 Å². The molecule has 0 N–H and O–H groups in total. The fourth-order valence-corrected chi connectivity index (χ4v) is 2.96. The summed E-state index contributed by atoms with van der Waals surface area (Å²) < 4.78 is 11.8. The normalized spacial score (nSPS) is 12.6. The summed E-state index contributed by atoms with van der Waals surface area (Å²) in [6.45, 7) is 10.1. The van der Waals surface area contributed by atoms with Crippen LogP contribution in [0.2, 0.25) is 0 Å². The minimum Gasteiger partial charge on any atom is -0.494 e. The Balaban J connectivity index is 1.94. The van der Waals surface area contributed by atoms with Crippen molar-refractivity contribution in [3.63, 3.8) is 0 Å². The second-order valence-electron chi connectivity index (χ2n) is 7.13. The topological polar surface area (TPSA) is 18.5 Å². The summed E-state index contributed by atoms with van der Waals surface area (Å²) >= 11 is 6.14. The average molecular weight is 363 g/mol. The number of hydrogen-bond donors (Lipinski definition) is 0. The van der Waals surface area contributed by atoms with Crippen molar-refractivity contribution in [3.05, 3.63) is 35.9 Å². The maximum atomic E-state index is 6.14. The summed E-state index contributed by atoms with van der Waals surface area (Å²) in [7, 11) is 0. The van der Waals surface area contributed by atoms with Gasteiger partial charge in [-0.05, 0) is 73.1 Å². The first-order chi connectivity index (χ1) is 12.0. The highest BCUT2D eigenvalue weighted by Gasteiger charge is 2.07. The van der Waals surface area contributed by atoms with E-state index >= 15 is 0 Å². The Labute approximate surface area is 157 Å². The van der Waals surface area contributed by atoms with E-state index in [0.29, 0.717) is 11.3 Å². The second kappa shape index (κ2) is 9.91. The molecule has 0 aliphatic rings. The predicted octanol–water partition coefficient (Wildman–Crippen LogP) is 6.75. The van der Waals surface area contributed by atoms with E-state index in [2.05, 4.69) is 58.0 Å². The third-order valence-corrected chi connectivity index (χ3v) is 4.93. The first kappa shape index (κ1) is 19.9. The monoisotopic (exact) mass is 362 g/mol. The lowest BCUT2D eigenvalue weighted by Crippen LogP contribution is -2.05. The van der Waals surface area contributed by atoms with E-state index in [1.807, 2.05) is 0 Å². The first-order valence-corrected chi connectivity index (χ1v) is 9.88. The molecule has 0 radical (unpaired) electrons. The lowest BCUT2D eigenvalue weighted by Gasteiger charge is -2.14. The summed E-state index contributed by atoms with van der Waals surface area (Å²) in [5, 5.41) is 2.72. The highest BCUT2D eigenvalue weighted by atomic mass is 35.5. The highest BCUT2D eigenvalue weighted by molar-refractivity contribution is 6.20. The van der Waals surface area contributed by atoms with Crippen LogP contribution in [0.3, 0.4) is 0 Å². The molecule has 0 amide bonds. The largest absolute Gasteiger partial charge is 0.494 e. The number of aryl methyl sites for hydroxylation is 1. The van der Waals surface area contributed by atoms with Crippen LogP contribution >= 0.6 is 11.6 Å². The standard InChI is InChI=1S/C22H31ClO2/c1-5-19(23)8-6-7-13-24-20-10-11-21-17(4)22(25-15-16(2)3)12-9-18(21)14-20/h9-12,14,16,19H,5-8,13,15H2,1-4H3. The number of halogens is 1. The summed E-state index contributed by atoms with van der Waals surface area (Å²) in [6, 6.07) is 10.5. The van der Waals surface area contributed by atoms with Gasteiger partial charge in [-0.25, -0.2) is 0 Å². The Hall–Kier alpha value is -1.41. The number of fused-ring (bicyclic) bond motifs is 1. The predicted molar refractivity (Wildman–Crippen MR) is 108 cm³/mol. The Bertz CT molecular complexity index is 666. The van der Waals surface area contributed by atoms with Crippen LogP contribution in [0.25, 0.3) is 10.8 Å². The van der Waals surface area contributed by atoms with Gasteiger partial charge in [0.05, 0.1) is 13.2 Å². The lowest BCUT2D eigenvalue weighted by molar-refractivity contribution is 0.270. The van der Waals surface area contributed by atoms with Gasteiger partial charge in [0.25, 0.3) is 0 Å². The molecular weight excluding hydrogens is 332 g/mol. The number of rotatable bonds is 10. The summed E-state index contributed by atoms with van der Waals surface area (Å²) in [5.74, 6) is 2.43. The van der Waals surface area contributed by atoms with Gasteiger partial charge in [-0.2, -0.15) is 0 Å². The van der Waals surface area contributed by atoms with E-state index in [-0.39, 0.29) is 0 Å². The van der Waals surface area contributed by atoms with Crippen LogP contribution in [-0.4, -0.2) is 18.6 Å². The van der Waals surface area contributed by atoms with Gasteiger partial charge >= 0.3 is 0 Å². The molecule has 0 aliphatic heterocycles. The van der Waals surface area contributed by atoms with Crippen LogP contribution in [-0.2, 0) is 0 Å². The molecule has 0 saturated heterocycles. The number of unbranched alkanes of at least 4 members (excludes halogenated alkanes) is 1. The van der Waals surface area contributed by atoms with Gasteiger partial charge < -0.3 is 9.47 Å². The van der Waals surface area contributed by atoms with E-state index in [1.54, 1.807) is 0 Å². The molecule has 0 fully saturated rings. The zero-order chi connectivity index (χ0) is 18.2. The molecule has 2 aromatic rings. The van der Waals surface area contributed by atoms with Crippen LogP contribution in [0.4, 0.5) is 0 Å². The van der Waals surface area contributed by atoms with E-state index in [0.717, 1.165) is 50.4 Å². The number of hydrogen-bond acceptors (Lipinski definition) is 2. The van der Waals surface area contributed by atoms with Gasteiger partial charge in [-0.1, -0.05) is 32.9 Å². The maximum absolute atomic E-state index is 6.14. The molecule has 0 spiro atoms. The number of alkyl halides is 1. The molecule has 2 nitrogen and oxygen atoms in total. The van der Waals surface area contributed by atoms with Crippen LogP contribution in [0.15, 0.2) is 30.3 Å². The Morgan fingerprint density at radius 3 is 2.56 bits per heavy atom. The SMILES string of the molecule is CCC(Cl)CCCCOc1ccc2c(C)c(OCC(C)C)ccc2c1. The fraction of sp³-hybridized carbons (Fsp3) is 0.545. The highest BCUT2D eigenvalue weighted by Crippen LogP contribution is 2.30. The lowest BCUT2D eigenvalue weighted by atomic mass is 10.0. The van der Waals surface area contributed by atoms with Gasteiger partial charge in [-0.3, -0.25) is 0 Å². The van der Waals surface area contributed by atoms with Crippen molar-refractivity contribution in [1.29, 1.82) is 0 Å². The van der Waals surface area contributed by atoms with Crippen molar-refractivity contribution in [2.24, 2.45) is 5.92 Å². The van der Waals surface area contributed by atoms with E-state index in [4.69, 9.17) is 21.1 Å². The molecule has 25 heavy (non-hydrogen) atoms. The molecule has 2 aromatic carbocycles. The molecule has 138 valence electrons. The maximum Gasteiger partial charge on any atom is 0.122 e. The molecule has 0 bridgehead atoms. The zero-order valence-electron chi connectivity index (χ0n) is 16.0. The van der Waals surface area contributed by atoms with Crippen LogP contribution in [0, 0.1) is 12.8 Å². The summed E-state index contributed by atoms with van der Waals surface area (Å²) in [6.07, 6.45) is 4.26. The smallest absolute Gasteiger partial charge is 0.122 e. The Morgan fingerprint density at radius 1 is 1.04 bits per heavy atom. The minimum atomic E-state index is 0.302. The molecule has 1 unspecified atom stereocenters. The molecule has 0 heterocycles. The fourth-order valence-electron chi connectivity index (χ4n) is 2.81. The second-order valence-corrected chi connectivity index (χ2v) is 7.74. The summed E-state index contributed by atoms with van der Waals surface area (Å²) in [5.41, 5.74) is 1.19. The third-order valence-electron chi connectivity index (χ3n) is 4.41. The van der Waals surface area contributed by atoms with Gasteiger partial charge in [0.1, 0.15) is 11.5 Å². The van der Waals surface area contributed by atoms with Crippen molar-refractivity contribution in [3.8, 4) is 11.5 Å².